The SMILES string of the molecule is COC(=O)C1CCN(C(=O)CCCn2nc(-c3cccnc3)ccc2=O)CC1. The number of hydrogen-bond acceptors (Lipinski definition) is 6. The Balaban J connectivity index is 1.52. The monoisotopic (exact) mass is 384 g/mol. The lowest BCUT2D eigenvalue weighted by Crippen LogP contribution is -2.40. The summed E-state index contributed by atoms with van der Waals surface area (Å²) in [4.78, 5) is 41.9. The molecule has 3 heterocycles. The summed E-state index contributed by atoms with van der Waals surface area (Å²) in [5, 5.41) is 4.38. The number of rotatable bonds is 6. The molecule has 0 aromatic carbocycles. The predicted molar refractivity (Wildman–Crippen MR) is 102 cm³/mol. The van der Waals surface area contributed by atoms with E-state index in [-0.39, 0.29) is 23.4 Å². The average molecular weight is 384 g/mol. The molecular weight excluding hydrogens is 360 g/mol. The Hall–Kier alpha value is -3.03. The van der Waals surface area contributed by atoms with Crippen molar-refractivity contribution in [2.75, 3.05) is 20.2 Å². The molecule has 0 unspecified atom stereocenters. The van der Waals surface area contributed by atoms with Crippen LogP contribution < -0.4 is 5.56 Å². The zero-order valence-corrected chi connectivity index (χ0v) is 15.9. The fourth-order valence-electron chi connectivity index (χ4n) is 3.35. The Kier molecular flexibility index (Phi) is 6.52. The van der Waals surface area contributed by atoms with Crippen LogP contribution in [0, 0.1) is 5.92 Å². The van der Waals surface area contributed by atoms with Crippen LogP contribution in [0.4, 0.5) is 0 Å². The van der Waals surface area contributed by atoms with Gasteiger partial charge in [-0.2, -0.15) is 5.10 Å². The molecule has 0 saturated carbocycles. The van der Waals surface area contributed by atoms with Gasteiger partial charge < -0.3 is 9.64 Å². The molecule has 2 aromatic heterocycles. The van der Waals surface area contributed by atoms with Crippen molar-refractivity contribution in [3.63, 3.8) is 0 Å². The van der Waals surface area contributed by atoms with Crippen LogP contribution in [0.2, 0.25) is 0 Å². The minimum Gasteiger partial charge on any atom is -0.469 e. The molecule has 0 radical (unpaired) electrons. The fourth-order valence-corrected chi connectivity index (χ4v) is 3.35. The Labute approximate surface area is 163 Å². The third-order valence-corrected chi connectivity index (χ3v) is 4.97. The molecule has 0 bridgehead atoms. The fraction of sp³-hybridized carbons (Fsp3) is 0.450. The summed E-state index contributed by atoms with van der Waals surface area (Å²) in [6, 6.07) is 6.85. The number of piperidine rings is 1. The highest BCUT2D eigenvalue weighted by molar-refractivity contribution is 5.77. The number of ether oxygens (including phenoxy) is 1. The van der Waals surface area contributed by atoms with Gasteiger partial charge in [-0.25, -0.2) is 4.68 Å². The molecule has 1 aliphatic rings. The Bertz CT molecular complexity index is 873. The highest BCUT2D eigenvalue weighted by Gasteiger charge is 2.27. The zero-order chi connectivity index (χ0) is 19.9. The van der Waals surface area contributed by atoms with Crippen molar-refractivity contribution in [1.82, 2.24) is 19.7 Å². The van der Waals surface area contributed by atoms with Crippen molar-refractivity contribution in [2.24, 2.45) is 5.92 Å². The van der Waals surface area contributed by atoms with E-state index >= 15 is 0 Å². The normalized spacial score (nSPS) is 14.7. The van der Waals surface area contributed by atoms with E-state index in [0.29, 0.717) is 51.0 Å². The van der Waals surface area contributed by atoms with Crippen LogP contribution in [-0.4, -0.2) is 51.7 Å². The van der Waals surface area contributed by atoms with Crippen molar-refractivity contribution in [3.05, 3.63) is 47.0 Å². The third kappa shape index (κ3) is 4.82. The molecule has 8 heteroatoms. The maximum Gasteiger partial charge on any atom is 0.308 e. The van der Waals surface area contributed by atoms with Gasteiger partial charge in [0, 0.05) is 50.1 Å². The number of amides is 1. The lowest BCUT2D eigenvalue weighted by Gasteiger charge is -2.30. The van der Waals surface area contributed by atoms with Gasteiger partial charge >= 0.3 is 5.97 Å². The quantitative estimate of drug-likeness (QED) is 0.701. The molecule has 2 aromatic rings. The lowest BCUT2D eigenvalue weighted by atomic mass is 9.97. The number of likely N-dealkylation sites (tertiary alicyclic amines) is 1. The second-order valence-electron chi connectivity index (χ2n) is 6.80. The molecule has 0 spiro atoms. The molecule has 1 aliphatic heterocycles. The smallest absolute Gasteiger partial charge is 0.308 e. The van der Waals surface area contributed by atoms with Crippen molar-refractivity contribution < 1.29 is 14.3 Å². The molecule has 1 saturated heterocycles. The van der Waals surface area contributed by atoms with Gasteiger partial charge in [0.05, 0.1) is 18.7 Å². The molecule has 148 valence electrons. The van der Waals surface area contributed by atoms with E-state index in [1.165, 1.54) is 17.9 Å². The van der Waals surface area contributed by atoms with Gasteiger partial charge in [-0.15, -0.1) is 0 Å². The van der Waals surface area contributed by atoms with Crippen molar-refractivity contribution in [1.29, 1.82) is 0 Å². The number of nitrogens with zero attached hydrogens (tertiary/aromatic N) is 4. The molecule has 0 aliphatic carbocycles. The summed E-state index contributed by atoms with van der Waals surface area (Å²) in [6.45, 7) is 1.50. The number of carbonyl (C=O) groups excluding carboxylic acids is 2. The van der Waals surface area contributed by atoms with E-state index < -0.39 is 0 Å². The third-order valence-electron chi connectivity index (χ3n) is 4.97. The number of aryl methyl sites for hydroxylation is 1. The van der Waals surface area contributed by atoms with Crippen molar-refractivity contribution in [3.8, 4) is 11.3 Å². The maximum atomic E-state index is 12.4. The van der Waals surface area contributed by atoms with Gasteiger partial charge in [0.2, 0.25) is 5.91 Å². The molecular formula is C20H24N4O4. The summed E-state index contributed by atoms with van der Waals surface area (Å²) in [5.41, 5.74) is 1.31. The van der Waals surface area contributed by atoms with Gasteiger partial charge in [0.25, 0.3) is 5.56 Å². The van der Waals surface area contributed by atoms with Crippen LogP contribution >= 0.6 is 0 Å². The summed E-state index contributed by atoms with van der Waals surface area (Å²) in [5.74, 6) is -0.280. The standard InChI is InChI=1S/C20H24N4O4/c1-28-20(27)15-8-12-23(13-9-15)18(25)5-3-11-24-19(26)7-6-17(22-24)16-4-2-10-21-14-16/h2,4,6-7,10,14-15H,3,5,8-9,11-13H2,1H3. The molecule has 0 atom stereocenters. The average Bonchev–Trinajstić information content (AvgIpc) is 2.75. The Morgan fingerprint density at radius 3 is 2.68 bits per heavy atom. The van der Waals surface area contributed by atoms with Gasteiger partial charge in [-0.1, -0.05) is 0 Å². The maximum absolute atomic E-state index is 12.4. The summed E-state index contributed by atoms with van der Waals surface area (Å²) in [6.07, 6.45) is 5.50. The van der Waals surface area contributed by atoms with Crippen LogP contribution in [-0.2, 0) is 20.9 Å². The first-order valence-electron chi connectivity index (χ1n) is 9.42. The second kappa shape index (κ2) is 9.25. The van der Waals surface area contributed by atoms with Crippen LogP contribution in [0.15, 0.2) is 41.5 Å². The first-order valence-corrected chi connectivity index (χ1v) is 9.42. The minimum absolute atomic E-state index is 0.0415. The van der Waals surface area contributed by atoms with Crippen LogP contribution in [0.1, 0.15) is 25.7 Å². The molecule has 3 rings (SSSR count). The van der Waals surface area contributed by atoms with E-state index in [0.717, 1.165) is 5.56 Å². The number of methoxy groups -OCH3 is 1. The largest absolute Gasteiger partial charge is 0.469 e. The number of hydrogen-bond donors (Lipinski definition) is 0. The summed E-state index contributed by atoms with van der Waals surface area (Å²) < 4.78 is 6.15. The van der Waals surface area contributed by atoms with Gasteiger partial charge in [0.15, 0.2) is 0 Å². The van der Waals surface area contributed by atoms with Crippen LogP contribution in [0.3, 0.4) is 0 Å². The Morgan fingerprint density at radius 1 is 1.21 bits per heavy atom. The first kappa shape index (κ1) is 19.7. The van der Waals surface area contributed by atoms with Crippen molar-refractivity contribution >= 4 is 11.9 Å². The van der Waals surface area contributed by atoms with E-state index in [1.807, 2.05) is 12.1 Å². The molecule has 0 N–H and O–H groups in total. The highest BCUT2D eigenvalue weighted by atomic mass is 16.5. The molecule has 28 heavy (non-hydrogen) atoms. The van der Waals surface area contributed by atoms with E-state index in [2.05, 4.69) is 10.1 Å². The molecule has 1 fully saturated rings. The minimum atomic E-state index is -0.203. The number of esters is 1. The lowest BCUT2D eigenvalue weighted by molar-refractivity contribution is -0.148. The summed E-state index contributed by atoms with van der Waals surface area (Å²) >= 11 is 0. The highest BCUT2D eigenvalue weighted by Crippen LogP contribution is 2.19. The van der Waals surface area contributed by atoms with E-state index in [9.17, 15) is 14.4 Å². The van der Waals surface area contributed by atoms with Gasteiger partial charge in [-0.05, 0) is 37.5 Å². The van der Waals surface area contributed by atoms with Crippen molar-refractivity contribution in [2.45, 2.75) is 32.2 Å². The molecule has 8 nitrogen and oxygen atoms in total. The summed E-state index contributed by atoms with van der Waals surface area (Å²) in [7, 11) is 1.39. The van der Waals surface area contributed by atoms with Gasteiger partial charge in [0.1, 0.15) is 0 Å². The van der Waals surface area contributed by atoms with Crippen LogP contribution in [0.5, 0.6) is 0 Å². The first-order chi connectivity index (χ1) is 13.6. The van der Waals surface area contributed by atoms with E-state index in [4.69, 9.17) is 4.74 Å². The number of pyridine rings is 1. The Morgan fingerprint density at radius 2 is 2.00 bits per heavy atom. The topological polar surface area (TPSA) is 94.4 Å². The number of carbonyl (C=O) groups is 2. The zero-order valence-electron chi connectivity index (χ0n) is 15.9. The predicted octanol–water partition coefficient (Wildman–Crippen LogP) is 1.50. The molecule has 1 amide bonds. The second-order valence-corrected chi connectivity index (χ2v) is 6.80. The van der Waals surface area contributed by atoms with Crippen LogP contribution in [0.25, 0.3) is 11.3 Å². The van der Waals surface area contributed by atoms with Gasteiger partial charge in [-0.3, -0.25) is 19.4 Å². The number of aromatic nitrogens is 3. The van der Waals surface area contributed by atoms with E-state index in [1.54, 1.807) is 23.4 Å².